The lowest BCUT2D eigenvalue weighted by Crippen LogP contribution is -2.47. The molecule has 1 aromatic rings. The van der Waals surface area contributed by atoms with Crippen LogP contribution in [0.1, 0.15) is 37.5 Å². The first-order chi connectivity index (χ1) is 19.4. The van der Waals surface area contributed by atoms with E-state index < -0.39 is 68.2 Å². The van der Waals surface area contributed by atoms with E-state index in [1.54, 1.807) is 0 Å². The molecule has 0 saturated carbocycles. The van der Waals surface area contributed by atoms with E-state index in [1.807, 2.05) is 0 Å². The van der Waals surface area contributed by atoms with Crippen LogP contribution in [0.2, 0.25) is 0 Å². The zero-order valence-electron chi connectivity index (χ0n) is 22.8. The fraction of sp³-hybridized carbons (Fsp3) is 0.682. The largest absolute Gasteiger partial charge is 0.472 e. The number of phosphoric ester groups is 1. The summed E-state index contributed by atoms with van der Waals surface area (Å²) in [4.78, 5) is 72.2. The van der Waals surface area contributed by atoms with Gasteiger partial charge in [-0.15, -0.1) is 0 Å². The van der Waals surface area contributed by atoms with Crippen LogP contribution >= 0.6 is 7.82 Å². The van der Waals surface area contributed by atoms with Crippen LogP contribution in [0.3, 0.4) is 0 Å². The molecule has 1 aromatic heterocycles. The minimum Gasteiger partial charge on any atom is -0.453 e. The lowest BCUT2D eigenvalue weighted by molar-refractivity contribution is -0.123. The Bertz CT molecular complexity index is 1210. The normalized spacial score (nSPS) is 20.5. The zero-order chi connectivity index (χ0) is 30.6. The summed E-state index contributed by atoms with van der Waals surface area (Å²) in [5.74, 6) is -0.544. The molecule has 18 nitrogen and oxygen atoms in total. The molecule has 0 spiro atoms. The van der Waals surface area contributed by atoms with Gasteiger partial charge in [-0.1, -0.05) is 0 Å². The highest BCUT2D eigenvalue weighted by molar-refractivity contribution is 7.47. The Hall–Kier alpha value is -3.28. The van der Waals surface area contributed by atoms with Gasteiger partial charge in [0.1, 0.15) is 24.5 Å². The van der Waals surface area contributed by atoms with Crippen molar-refractivity contribution in [3.05, 3.63) is 32.6 Å². The Kier molecular flexibility index (Phi) is 13.4. The number of aliphatic hydroxyl groups excluding tert-OH is 1. The molecule has 1 saturated heterocycles. The third kappa shape index (κ3) is 10.6. The van der Waals surface area contributed by atoms with Crippen LogP contribution in [0.25, 0.3) is 0 Å². The standard InChI is InChI=1S/C22H36N5O13P/c1-36-21(32)24-8-5-4-6-14(25-22(33)37-2)19(30)23-9-7-13-11-27(20(31)26-18(13)29)17-10-15(16(12-28)39-17)40-41(34,35)38-3/h11,14-17,28H,4-10,12H2,1-3H3,(H,23,30)(H,24,32)(H,25,33)(H,34,35)(H,26,29,31)/t14?,15-,16-,17-/m0/s1. The molecule has 5 atom stereocenters. The molecule has 0 aromatic carbocycles. The van der Waals surface area contributed by atoms with E-state index in [0.717, 1.165) is 18.8 Å². The average Bonchev–Trinajstić information content (AvgIpc) is 3.34. The highest BCUT2D eigenvalue weighted by Crippen LogP contribution is 2.47. The minimum absolute atomic E-state index is 0.0130. The van der Waals surface area contributed by atoms with Gasteiger partial charge in [0.2, 0.25) is 5.91 Å². The van der Waals surface area contributed by atoms with Gasteiger partial charge >= 0.3 is 25.7 Å². The number of alkyl carbamates (subject to hydrolysis) is 2. The number of methoxy groups -OCH3 is 2. The van der Waals surface area contributed by atoms with Crippen LogP contribution in [0.4, 0.5) is 9.59 Å². The van der Waals surface area contributed by atoms with Gasteiger partial charge in [-0.05, 0) is 25.7 Å². The summed E-state index contributed by atoms with van der Waals surface area (Å²) in [6.07, 6.45) is -2.28. The molecule has 0 radical (unpaired) electrons. The number of hydrogen-bond donors (Lipinski definition) is 6. The Morgan fingerprint density at radius 1 is 1.15 bits per heavy atom. The molecule has 0 bridgehead atoms. The van der Waals surface area contributed by atoms with Crippen molar-refractivity contribution in [1.82, 2.24) is 25.5 Å². The first-order valence-electron chi connectivity index (χ1n) is 12.6. The highest BCUT2D eigenvalue weighted by atomic mass is 31.2. The van der Waals surface area contributed by atoms with Crippen LogP contribution in [0.15, 0.2) is 15.8 Å². The number of aromatic amines is 1. The van der Waals surface area contributed by atoms with Crippen molar-refractivity contribution < 1.29 is 52.2 Å². The van der Waals surface area contributed by atoms with E-state index >= 15 is 0 Å². The van der Waals surface area contributed by atoms with E-state index in [9.17, 15) is 38.5 Å². The van der Waals surface area contributed by atoms with Gasteiger partial charge in [-0.25, -0.2) is 18.9 Å². The van der Waals surface area contributed by atoms with E-state index in [2.05, 4.69) is 34.9 Å². The summed E-state index contributed by atoms with van der Waals surface area (Å²) >= 11 is 0. The highest BCUT2D eigenvalue weighted by Gasteiger charge is 2.41. The fourth-order valence-corrected chi connectivity index (χ4v) is 4.58. The summed E-state index contributed by atoms with van der Waals surface area (Å²) in [5.41, 5.74) is -1.42. The number of ether oxygens (including phenoxy) is 3. The third-order valence-electron chi connectivity index (χ3n) is 6.07. The van der Waals surface area contributed by atoms with Crippen LogP contribution in [-0.4, -0.2) is 96.9 Å². The van der Waals surface area contributed by atoms with E-state index in [1.165, 1.54) is 13.3 Å². The number of H-pyrrole nitrogens is 1. The summed E-state index contributed by atoms with van der Waals surface area (Å²) in [6.45, 7) is -0.314. The number of aromatic nitrogens is 2. The van der Waals surface area contributed by atoms with Gasteiger partial charge in [0.25, 0.3) is 5.56 Å². The van der Waals surface area contributed by atoms with Crippen molar-refractivity contribution >= 4 is 25.9 Å². The predicted octanol–water partition coefficient (Wildman–Crippen LogP) is -1.14. The summed E-state index contributed by atoms with van der Waals surface area (Å²) in [6, 6.07) is -0.957. The third-order valence-corrected chi connectivity index (χ3v) is 7.07. The van der Waals surface area contributed by atoms with Gasteiger partial charge < -0.3 is 40.2 Å². The SMILES string of the molecule is COC(=O)NCCCCC(NC(=O)OC)C(=O)NCCc1cn([C@@H]2C[C@H](OP(=O)(O)OC)[C@H](CO)O2)c(=O)[nH]c1=O. The van der Waals surface area contributed by atoms with Gasteiger partial charge in [-0.2, -0.15) is 0 Å². The predicted molar refractivity (Wildman–Crippen MR) is 139 cm³/mol. The number of phosphoric acid groups is 1. The lowest BCUT2D eigenvalue weighted by Gasteiger charge is -2.18. The quantitative estimate of drug-likeness (QED) is 0.102. The second kappa shape index (κ2) is 16.2. The number of aliphatic hydroxyl groups is 1. The van der Waals surface area contributed by atoms with Crippen LogP contribution in [0.5, 0.6) is 0 Å². The number of unbranched alkanes of at least 4 members (excludes halogenated alkanes) is 1. The molecule has 2 unspecified atom stereocenters. The van der Waals surface area contributed by atoms with E-state index in [-0.39, 0.29) is 31.4 Å². The summed E-state index contributed by atoms with van der Waals surface area (Å²) < 4.78 is 36.9. The van der Waals surface area contributed by atoms with E-state index in [0.29, 0.717) is 19.4 Å². The van der Waals surface area contributed by atoms with Gasteiger partial charge in [0.05, 0.1) is 20.8 Å². The maximum Gasteiger partial charge on any atom is 0.472 e. The summed E-state index contributed by atoms with van der Waals surface area (Å²) in [5, 5.41) is 17.1. The van der Waals surface area contributed by atoms with Crippen molar-refractivity contribution in [3.63, 3.8) is 0 Å². The monoisotopic (exact) mass is 609 g/mol. The van der Waals surface area contributed by atoms with Crippen LogP contribution in [0, 0.1) is 0 Å². The van der Waals surface area contributed by atoms with Crippen molar-refractivity contribution in [2.75, 3.05) is 41.0 Å². The number of carbonyl (C=O) groups excluding carboxylic acids is 3. The second-order valence-electron chi connectivity index (χ2n) is 8.81. The molecular weight excluding hydrogens is 573 g/mol. The molecule has 19 heteroatoms. The molecule has 2 rings (SSSR count). The second-order valence-corrected chi connectivity index (χ2v) is 10.3. The lowest BCUT2D eigenvalue weighted by atomic mass is 10.1. The number of rotatable bonds is 15. The Morgan fingerprint density at radius 3 is 2.49 bits per heavy atom. The molecule has 1 fully saturated rings. The van der Waals surface area contributed by atoms with Crippen molar-refractivity contribution in [2.24, 2.45) is 0 Å². The number of nitrogens with one attached hydrogen (secondary N) is 4. The first-order valence-corrected chi connectivity index (χ1v) is 14.1. The van der Waals surface area contributed by atoms with Gasteiger partial charge in [0.15, 0.2) is 0 Å². The molecule has 0 aliphatic carbocycles. The van der Waals surface area contributed by atoms with Crippen LogP contribution in [-0.2, 0) is 39.0 Å². The number of carbonyl (C=O) groups is 3. The van der Waals surface area contributed by atoms with Crippen molar-refractivity contribution in [3.8, 4) is 0 Å². The number of hydrogen-bond acceptors (Lipinski definition) is 12. The Morgan fingerprint density at radius 2 is 1.85 bits per heavy atom. The Labute approximate surface area is 234 Å². The molecule has 41 heavy (non-hydrogen) atoms. The molecule has 6 N–H and O–H groups in total. The molecular formula is C22H36N5O13P. The molecule has 232 valence electrons. The number of nitrogens with zero attached hydrogens (tertiary/aromatic N) is 1. The zero-order valence-corrected chi connectivity index (χ0v) is 23.7. The maximum atomic E-state index is 12.7. The maximum absolute atomic E-state index is 12.7. The smallest absolute Gasteiger partial charge is 0.453 e. The van der Waals surface area contributed by atoms with Gasteiger partial charge in [-0.3, -0.25) is 28.2 Å². The average molecular weight is 610 g/mol. The van der Waals surface area contributed by atoms with Crippen molar-refractivity contribution in [2.45, 2.75) is 56.6 Å². The minimum atomic E-state index is -4.41. The molecule has 3 amide bonds. The first kappa shape index (κ1) is 33.9. The molecule has 1 aliphatic heterocycles. The van der Waals surface area contributed by atoms with Crippen LogP contribution < -0.4 is 27.2 Å². The van der Waals surface area contributed by atoms with Gasteiger partial charge in [0, 0.05) is 38.4 Å². The Balaban J connectivity index is 2.02. The molecule has 1 aliphatic rings. The topological polar surface area (TPSA) is 246 Å². The summed E-state index contributed by atoms with van der Waals surface area (Å²) in [7, 11) is -1.06. The fourth-order valence-electron chi connectivity index (χ4n) is 3.93. The molecule has 2 heterocycles. The van der Waals surface area contributed by atoms with E-state index in [4.69, 9.17) is 9.26 Å². The van der Waals surface area contributed by atoms with Crippen molar-refractivity contribution in [1.29, 1.82) is 0 Å². The number of amides is 3.